The van der Waals surface area contributed by atoms with Gasteiger partial charge < -0.3 is 23.9 Å². The normalized spacial score (nSPS) is 12.5. The first-order valence-corrected chi connectivity index (χ1v) is 10.6. The van der Waals surface area contributed by atoms with Crippen LogP contribution in [0, 0.1) is 0 Å². The predicted molar refractivity (Wildman–Crippen MR) is 120 cm³/mol. The van der Waals surface area contributed by atoms with Gasteiger partial charge in [0.1, 0.15) is 31.2 Å². The third-order valence-electron chi connectivity index (χ3n) is 4.91. The highest BCUT2D eigenvalue weighted by atomic mass is 79.9. The highest BCUT2D eigenvalue weighted by molar-refractivity contribution is 9.10. The van der Waals surface area contributed by atoms with Crippen LogP contribution in [0.3, 0.4) is 0 Å². The number of rotatable bonds is 5. The number of carbonyl (C=O) groups is 1. The molecule has 0 aliphatic carbocycles. The molecule has 1 aliphatic rings. The Balaban J connectivity index is 1.46. The molecule has 0 radical (unpaired) electrons. The SMILES string of the molecule is O=C(Nc1cc2c(cc1Br)OCCO2)c1oc2ccccc2c1COc1ccccc1. The lowest BCUT2D eigenvalue weighted by Crippen LogP contribution is -2.17. The van der Waals surface area contributed by atoms with Crippen molar-refractivity contribution in [3.8, 4) is 17.2 Å². The predicted octanol–water partition coefficient (Wildman–Crippen LogP) is 5.80. The minimum Gasteiger partial charge on any atom is -0.489 e. The summed E-state index contributed by atoms with van der Waals surface area (Å²) in [7, 11) is 0. The number of fused-ring (bicyclic) bond motifs is 2. The van der Waals surface area contributed by atoms with Crippen molar-refractivity contribution in [1.29, 1.82) is 0 Å². The lowest BCUT2D eigenvalue weighted by Gasteiger charge is -2.20. The van der Waals surface area contributed by atoms with E-state index in [0.29, 0.717) is 51.8 Å². The van der Waals surface area contributed by atoms with Crippen LogP contribution in [-0.2, 0) is 6.61 Å². The number of hydrogen-bond acceptors (Lipinski definition) is 5. The van der Waals surface area contributed by atoms with E-state index in [0.717, 1.165) is 5.39 Å². The zero-order valence-corrected chi connectivity index (χ0v) is 18.0. The molecule has 1 N–H and O–H groups in total. The van der Waals surface area contributed by atoms with Crippen molar-refractivity contribution in [2.75, 3.05) is 18.5 Å². The van der Waals surface area contributed by atoms with Gasteiger partial charge in [-0.05, 0) is 34.1 Å². The molecule has 156 valence electrons. The van der Waals surface area contributed by atoms with Crippen molar-refractivity contribution >= 4 is 38.5 Å². The number of amides is 1. The smallest absolute Gasteiger partial charge is 0.291 e. The molecule has 0 atom stereocenters. The van der Waals surface area contributed by atoms with E-state index in [1.165, 1.54) is 0 Å². The fourth-order valence-electron chi connectivity index (χ4n) is 3.44. The van der Waals surface area contributed by atoms with Gasteiger partial charge >= 0.3 is 0 Å². The van der Waals surface area contributed by atoms with Gasteiger partial charge in [0, 0.05) is 27.6 Å². The van der Waals surface area contributed by atoms with Gasteiger partial charge in [0.2, 0.25) is 0 Å². The molecule has 0 unspecified atom stereocenters. The quantitative estimate of drug-likeness (QED) is 0.391. The fourth-order valence-corrected chi connectivity index (χ4v) is 3.86. The molecule has 0 fully saturated rings. The molecule has 2 heterocycles. The molecule has 1 aliphatic heterocycles. The summed E-state index contributed by atoms with van der Waals surface area (Å²) in [5.74, 6) is 1.77. The van der Waals surface area contributed by atoms with E-state index >= 15 is 0 Å². The molecule has 0 spiro atoms. The number of hydrogen-bond donors (Lipinski definition) is 1. The summed E-state index contributed by atoms with van der Waals surface area (Å²) >= 11 is 3.49. The van der Waals surface area contributed by atoms with Gasteiger partial charge in [-0.15, -0.1) is 0 Å². The molecular weight excluding hydrogens is 462 g/mol. The first kappa shape index (κ1) is 19.5. The molecule has 6 nitrogen and oxygen atoms in total. The standard InChI is InChI=1S/C24H18BrNO5/c25-18-12-21-22(29-11-10-28-21)13-19(18)26-24(27)23-17(14-30-15-6-2-1-3-7-15)16-8-4-5-9-20(16)31-23/h1-9,12-13H,10-11,14H2,(H,26,27). The molecule has 0 saturated carbocycles. The Morgan fingerprint density at radius 2 is 1.68 bits per heavy atom. The summed E-state index contributed by atoms with van der Waals surface area (Å²) in [5.41, 5.74) is 1.87. The topological polar surface area (TPSA) is 69.9 Å². The Labute approximate surface area is 186 Å². The van der Waals surface area contributed by atoms with Crippen LogP contribution in [0.5, 0.6) is 17.2 Å². The van der Waals surface area contributed by atoms with Gasteiger partial charge in [0.05, 0.1) is 5.69 Å². The number of halogens is 1. The molecule has 0 saturated heterocycles. The van der Waals surface area contributed by atoms with Crippen LogP contribution in [0.1, 0.15) is 16.1 Å². The highest BCUT2D eigenvalue weighted by Crippen LogP contribution is 2.38. The maximum atomic E-state index is 13.2. The summed E-state index contributed by atoms with van der Waals surface area (Å²) in [6, 6.07) is 20.5. The molecule has 31 heavy (non-hydrogen) atoms. The second-order valence-corrected chi connectivity index (χ2v) is 7.79. The van der Waals surface area contributed by atoms with E-state index < -0.39 is 0 Å². The third-order valence-corrected chi connectivity index (χ3v) is 5.57. The lowest BCUT2D eigenvalue weighted by molar-refractivity contribution is 0.0995. The van der Waals surface area contributed by atoms with Crippen molar-refractivity contribution in [3.05, 3.63) is 82.5 Å². The summed E-state index contributed by atoms with van der Waals surface area (Å²) < 4.78 is 23.7. The van der Waals surface area contributed by atoms with Gasteiger partial charge in [-0.25, -0.2) is 0 Å². The third kappa shape index (κ3) is 3.96. The van der Waals surface area contributed by atoms with Crippen LogP contribution >= 0.6 is 15.9 Å². The number of para-hydroxylation sites is 2. The molecule has 0 bridgehead atoms. The summed E-state index contributed by atoms with van der Waals surface area (Å²) in [6.07, 6.45) is 0. The summed E-state index contributed by atoms with van der Waals surface area (Å²) in [4.78, 5) is 13.2. The minimum absolute atomic E-state index is 0.200. The van der Waals surface area contributed by atoms with Gasteiger partial charge in [0.15, 0.2) is 17.3 Å². The number of furan rings is 1. The van der Waals surface area contributed by atoms with E-state index in [-0.39, 0.29) is 18.3 Å². The van der Waals surface area contributed by atoms with Crippen molar-refractivity contribution < 1.29 is 23.4 Å². The Morgan fingerprint density at radius 3 is 2.48 bits per heavy atom. The molecule has 4 aromatic rings. The van der Waals surface area contributed by atoms with Crippen LogP contribution in [0.15, 0.2) is 75.6 Å². The van der Waals surface area contributed by atoms with Crippen molar-refractivity contribution in [2.45, 2.75) is 6.61 Å². The Bertz CT molecular complexity index is 1250. The molecule has 1 aromatic heterocycles. The van der Waals surface area contributed by atoms with E-state index in [4.69, 9.17) is 18.6 Å². The van der Waals surface area contributed by atoms with Crippen LogP contribution in [0.25, 0.3) is 11.0 Å². The van der Waals surface area contributed by atoms with Gasteiger partial charge in [-0.3, -0.25) is 4.79 Å². The number of nitrogens with one attached hydrogen (secondary N) is 1. The molecule has 1 amide bonds. The van der Waals surface area contributed by atoms with E-state index in [1.54, 1.807) is 12.1 Å². The van der Waals surface area contributed by atoms with Crippen molar-refractivity contribution in [3.63, 3.8) is 0 Å². The van der Waals surface area contributed by atoms with Crippen LogP contribution < -0.4 is 19.5 Å². The maximum absolute atomic E-state index is 13.2. The van der Waals surface area contributed by atoms with Crippen LogP contribution in [0.2, 0.25) is 0 Å². The van der Waals surface area contributed by atoms with Gasteiger partial charge in [-0.2, -0.15) is 0 Å². The van der Waals surface area contributed by atoms with Crippen molar-refractivity contribution in [2.24, 2.45) is 0 Å². The van der Waals surface area contributed by atoms with Crippen LogP contribution in [0.4, 0.5) is 5.69 Å². The fraction of sp³-hybridized carbons (Fsp3) is 0.125. The second-order valence-electron chi connectivity index (χ2n) is 6.94. The monoisotopic (exact) mass is 479 g/mol. The van der Waals surface area contributed by atoms with E-state index in [2.05, 4.69) is 21.2 Å². The van der Waals surface area contributed by atoms with E-state index in [1.807, 2.05) is 54.6 Å². The zero-order chi connectivity index (χ0) is 21.2. The molecule has 5 rings (SSSR count). The first-order valence-electron chi connectivity index (χ1n) is 9.78. The average Bonchev–Trinajstić information content (AvgIpc) is 3.17. The summed E-state index contributed by atoms with van der Waals surface area (Å²) in [5, 5.41) is 3.74. The minimum atomic E-state index is -0.375. The van der Waals surface area contributed by atoms with Crippen molar-refractivity contribution in [1.82, 2.24) is 0 Å². The number of anilines is 1. The molecule has 3 aromatic carbocycles. The molecule has 7 heteroatoms. The largest absolute Gasteiger partial charge is 0.489 e. The summed E-state index contributed by atoms with van der Waals surface area (Å²) in [6.45, 7) is 1.16. The average molecular weight is 480 g/mol. The first-order chi connectivity index (χ1) is 15.2. The van der Waals surface area contributed by atoms with E-state index in [9.17, 15) is 4.79 Å². The highest BCUT2D eigenvalue weighted by Gasteiger charge is 2.23. The van der Waals surface area contributed by atoms with Gasteiger partial charge in [0.25, 0.3) is 5.91 Å². The maximum Gasteiger partial charge on any atom is 0.291 e. The Kier molecular flexibility index (Phi) is 5.26. The second kappa shape index (κ2) is 8.35. The lowest BCUT2D eigenvalue weighted by atomic mass is 10.1. The van der Waals surface area contributed by atoms with Crippen LogP contribution in [-0.4, -0.2) is 19.1 Å². The zero-order valence-electron chi connectivity index (χ0n) is 16.4. The number of benzene rings is 3. The molecular formula is C24H18BrNO5. The van der Waals surface area contributed by atoms with Gasteiger partial charge in [-0.1, -0.05) is 36.4 Å². The number of ether oxygens (including phenoxy) is 3. The Hall–Kier alpha value is -3.45. The number of carbonyl (C=O) groups excluding carboxylic acids is 1. The Morgan fingerprint density at radius 1 is 0.968 bits per heavy atom.